The summed E-state index contributed by atoms with van der Waals surface area (Å²) in [6, 6.07) is 19.3. The Balaban J connectivity index is 1.25. The molecule has 236 valence electrons. The minimum absolute atomic E-state index is 0.0473. The molecule has 4 aromatic rings. The Labute approximate surface area is 275 Å². The van der Waals surface area contributed by atoms with Crippen molar-refractivity contribution in [2.24, 2.45) is 0 Å². The van der Waals surface area contributed by atoms with Crippen LogP contribution in [0, 0.1) is 0 Å². The molecule has 46 heavy (non-hydrogen) atoms. The lowest BCUT2D eigenvalue weighted by Gasteiger charge is -2.12. The first-order valence-corrected chi connectivity index (χ1v) is 16.9. The van der Waals surface area contributed by atoms with Crippen LogP contribution in [0.1, 0.15) is 62.9 Å². The summed E-state index contributed by atoms with van der Waals surface area (Å²) in [4.78, 5) is 58.1. The fraction of sp³-hybridized carbons (Fsp3) is 0.229. The first-order valence-electron chi connectivity index (χ1n) is 15.0. The van der Waals surface area contributed by atoms with Gasteiger partial charge in [-0.1, -0.05) is 36.8 Å². The average Bonchev–Trinajstić information content (AvgIpc) is 3.24. The number of ether oxygens (including phenoxy) is 1. The van der Waals surface area contributed by atoms with Gasteiger partial charge in [0.1, 0.15) is 10.7 Å². The number of esters is 1. The molecule has 2 aromatic carbocycles. The first-order chi connectivity index (χ1) is 22.4. The number of aromatic nitrogens is 1. The Morgan fingerprint density at radius 1 is 0.957 bits per heavy atom. The zero-order valence-corrected chi connectivity index (χ0v) is 27.0. The van der Waals surface area contributed by atoms with Gasteiger partial charge in [-0.15, -0.1) is 23.1 Å². The Hall–Kier alpha value is -4.74. The van der Waals surface area contributed by atoms with Crippen LogP contribution < -0.4 is 16.0 Å². The van der Waals surface area contributed by atoms with Crippen LogP contribution in [0.5, 0.6) is 0 Å². The van der Waals surface area contributed by atoms with Crippen LogP contribution in [0.3, 0.4) is 0 Å². The molecule has 3 N–H and O–H groups in total. The molecule has 2 heterocycles. The molecule has 0 fully saturated rings. The number of nitrogens with zero attached hydrogens (tertiary/aromatic N) is 1. The normalized spacial score (nSPS) is 12.8. The van der Waals surface area contributed by atoms with E-state index in [1.807, 2.05) is 6.07 Å². The molecule has 11 heteroatoms. The monoisotopic (exact) mass is 654 g/mol. The number of rotatable bonds is 11. The van der Waals surface area contributed by atoms with Crippen molar-refractivity contribution in [3.05, 3.63) is 112 Å². The summed E-state index contributed by atoms with van der Waals surface area (Å²) < 4.78 is 5.33. The Bertz CT molecular complexity index is 1740. The van der Waals surface area contributed by atoms with Crippen LogP contribution in [0.4, 0.5) is 10.7 Å². The summed E-state index contributed by atoms with van der Waals surface area (Å²) in [6.07, 6.45) is 9.65. The topological polar surface area (TPSA) is 126 Å². The van der Waals surface area contributed by atoms with E-state index in [1.54, 1.807) is 86.1 Å². The molecular weight excluding hydrogens is 621 g/mol. The van der Waals surface area contributed by atoms with Crippen molar-refractivity contribution in [3.8, 4) is 0 Å². The zero-order chi connectivity index (χ0) is 32.3. The van der Waals surface area contributed by atoms with Crippen molar-refractivity contribution in [3.63, 3.8) is 0 Å². The second-order valence-corrected chi connectivity index (χ2v) is 12.6. The smallest absolute Gasteiger partial charge is 0.341 e. The van der Waals surface area contributed by atoms with E-state index in [4.69, 9.17) is 4.74 Å². The predicted octanol–water partition coefficient (Wildman–Crippen LogP) is 6.73. The molecule has 0 aliphatic heterocycles. The molecule has 0 saturated heterocycles. The van der Waals surface area contributed by atoms with Crippen LogP contribution in [-0.2, 0) is 27.2 Å². The molecular formula is C35H34N4O5S2. The predicted molar refractivity (Wildman–Crippen MR) is 182 cm³/mol. The van der Waals surface area contributed by atoms with Gasteiger partial charge in [0.15, 0.2) is 0 Å². The zero-order valence-electron chi connectivity index (χ0n) is 25.3. The molecule has 0 bridgehead atoms. The molecule has 1 aliphatic carbocycles. The maximum Gasteiger partial charge on any atom is 0.341 e. The Morgan fingerprint density at radius 3 is 2.57 bits per heavy atom. The number of aryl methyl sites for hydroxylation is 1. The van der Waals surface area contributed by atoms with E-state index in [-0.39, 0.29) is 24.0 Å². The van der Waals surface area contributed by atoms with E-state index in [1.165, 1.54) is 23.1 Å². The number of carbonyl (C=O) groups excluding carboxylic acids is 4. The number of fused-ring (bicyclic) bond motifs is 1. The summed E-state index contributed by atoms with van der Waals surface area (Å²) in [5, 5.41) is 9.05. The maximum absolute atomic E-state index is 13.4. The van der Waals surface area contributed by atoms with Gasteiger partial charge in [0.05, 0.1) is 17.9 Å². The van der Waals surface area contributed by atoms with Gasteiger partial charge in [0.25, 0.3) is 11.8 Å². The van der Waals surface area contributed by atoms with E-state index in [2.05, 4.69) is 20.9 Å². The van der Waals surface area contributed by atoms with Crippen LogP contribution in [0.15, 0.2) is 89.7 Å². The number of amides is 3. The summed E-state index contributed by atoms with van der Waals surface area (Å²) in [5.74, 6) is -1.48. The highest BCUT2D eigenvalue weighted by atomic mass is 32.2. The van der Waals surface area contributed by atoms with E-state index in [0.717, 1.165) is 47.4 Å². The Morgan fingerprint density at radius 2 is 1.78 bits per heavy atom. The molecule has 2 aromatic heterocycles. The molecule has 3 amide bonds. The molecule has 0 saturated carbocycles. The minimum Gasteiger partial charge on any atom is -0.462 e. The summed E-state index contributed by atoms with van der Waals surface area (Å²) in [5.41, 5.74) is 3.09. The SMILES string of the molecule is CCOC(=O)c1c(NC(=O)CSc2cccc(NC(=O)/C(=C/c3cccnc3)NC(=O)c3ccccc3)c2)sc2c1CCCCC2. The number of benzene rings is 2. The highest BCUT2D eigenvalue weighted by molar-refractivity contribution is 8.00. The van der Waals surface area contributed by atoms with Crippen LogP contribution in [0.25, 0.3) is 6.08 Å². The van der Waals surface area contributed by atoms with Crippen molar-refractivity contribution in [1.29, 1.82) is 0 Å². The molecule has 0 unspecified atom stereocenters. The third kappa shape index (κ3) is 8.70. The summed E-state index contributed by atoms with van der Waals surface area (Å²) in [6.45, 7) is 2.03. The van der Waals surface area contributed by atoms with Crippen molar-refractivity contribution in [2.45, 2.75) is 43.9 Å². The van der Waals surface area contributed by atoms with Gasteiger partial charge < -0.3 is 20.7 Å². The fourth-order valence-electron chi connectivity index (χ4n) is 4.99. The minimum atomic E-state index is -0.517. The fourth-order valence-corrected chi connectivity index (χ4v) is 7.04. The van der Waals surface area contributed by atoms with Crippen LogP contribution >= 0.6 is 23.1 Å². The number of carbonyl (C=O) groups is 4. The number of thiophene rings is 1. The maximum atomic E-state index is 13.4. The first kappa shape index (κ1) is 32.6. The van der Waals surface area contributed by atoms with E-state index in [9.17, 15) is 19.2 Å². The largest absolute Gasteiger partial charge is 0.462 e. The number of nitrogens with one attached hydrogen (secondary N) is 3. The van der Waals surface area contributed by atoms with Gasteiger partial charge in [0, 0.05) is 33.4 Å². The van der Waals surface area contributed by atoms with Crippen molar-refractivity contribution >= 4 is 63.6 Å². The summed E-state index contributed by atoms with van der Waals surface area (Å²) >= 11 is 2.77. The Kier molecular flexibility index (Phi) is 11.4. The van der Waals surface area contributed by atoms with E-state index < -0.39 is 17.8 Å². The highest BCUT2D eigenvalue weighted by Gasteiger charge is 2.26. The van der Waals surface area contributed by atoms with Crippen LogP contribution in [-0.4, -0.2) is 41.0 Å². The third-order valence-corrected chi connectivity index (χ3v) is 9.34. The molecule has 5 rings (SSSR count). The second-order valence-electron chi connectivity index (χ2n) is 10.5. The second kappa shape index (κ2) is 16.0. The highest BCUT2D eigenvalue weighted by Crippen LogP contribution is 2.38. The molecule has 0 spiro atoms. The van der Waals surface area contributed by atoms with Gasteiger partial charge in [-0.25, -0.2) is 4.79 Å². The number of hydrogen-bond acceptors (Lipinski definition) is 8. The van der Waals surface area contributed by atoms with Gasteiger partial charge in [-0.2, -0.15) is 0 Å². The molecule has 1 aliphatic rings. The quantitative estimate of drug-likeness (QED) is 0.0709. The van der Waals surface area contributed by atoms with Gasteiger partial charge >= 0.3 is 5.97 Å². The van der Waals surface area contributed by atoms with Crippen LogP contribution in [0.2, 0.25) is 0 Å². The van der Waals surface area contributed by atoms with E-state index >= 15 is 0 Å². The van der Waals surface area contributed by atoms with Crippen molar-refractivity contribution in [1.82, 2.24) is 10.3 Å². The summed E-state index contributed by atoms with van der Waals surface area (Å²) in [7, 11) is 0. The lowest BCUT2D eigenvalue weighted by Crippen LogP contribution is -2.30. The van der Waals surface area contributed by atoms with Gasteiger partial charge in [-0.3, -0.25) is 19.4 Å². The molecule has 9 nitrogen and oxygen atoms in total. The number of thioether (sulfide) groups is 1. The van der Waals surface area contributed by atoms with Gasteiger partial charge in [-0.05, 0) is 86.2 Å². The van der Waals surface area contributed by atoms with Crippen molar-refractivity contribution < 1.29 is 23.9 Å². The number of hydrogen-bond donors (Lipinski definition) is 3. The molecule has 0 radical (unpaired) electrons. The number of anilines is 2. The van der Waals surface area contributed by atoms with E-state index in [0.29, 0.717) is 27.4 Å². The lowest BCUT2D eigenvalue weighted by atomic mass is 10.1. The molecule has 0 atom stereocenters. The standard InChI is InChI=1S/C35H34N4O5S2/c1-2-44-35(43)31-27-16-7-4-8-17-29(27)46-34(31)39-30(40)22-45-26-15-9-14-25(20-26)37-33(42)28(19-23-11-10-18-36-21-23)38-32(41)24-12-5-3-6-13-24/h3,5-6,9-15,18-21H,2,4,7-8,16-17,22H2,1H3,(H,37,42)(H,38,41)(H,39,40)/b28-19-. The number of pyridine rings is 1. The van der Waals surface area contributed by atoms with Crippen molar-refractivity contribution in [2.75, 3.05) is 23.0 Å². The lowest BCUT2D eigenvalue weighted by molar-refractivity contribution is -0.114. The van der Waals surface area contributed by atoms with Gasteiger partial charge in [0.2, 0.25) is 5.91 Å². The third-order valence-electron chi connectivity index (χ3n) is 7.14. The average molecular weight is 655 g/mol.